The fourth-order valence-corrected chi connectivity index (χ4v) is 5.08. The molecule has 0 nitrogen and oxygen atoms in total. The maximum Gasteiger partial charge on any atom is 0.106 e. The summed E-state index contributed by atoms with van der Waals surface area (Å²) in [5.41, 5.74) is 0. The summed E-state index contributed by atoms with van der Waals surface area (Å²) in [6.07, 6.45) is 12.4. The topological polar surface area (TPSA) is 0 Å². The van der Waals surface area contributed by atoms with Crippen molar-refractivity contribution in [2.24, 2.45) is 0 Å². The van der Waals surface area contributed by atoms with Gasteiger partial charge in [0, 0.05) is 0 Å². The zero-order chi connectivity index (χ0) is 15.6. The molecule has 1 aromatic rings. The summed E-state index contributed by atoms with van der Waals surface area (Å²) in [6.45, 7) is 11.6. The molecule has 0 heterocycles. The minimum Gasteiger partial charge on any atom is -0.103 e. The molecule has 0 bridgehead atoms. The van der Waals surface area contributed by atoms with E-state index < -0.39 is 8.07 Å². The summed E-state index contributed by atoms with van der Waals surface area (Å²) in [4.78, 5) is 0. The van der Waals surface area contributed by atoms with Gasteiger partial charge in [0.1, 0.15) is 8.07 Å². The van der Waals surface area contributed by atoms with Crippen LogP contribution in [0.2, 0.25) is 13.1 Å². The smallest absolute Gasteiger partial charge is 0.103 e. The molecule has 0 saturated carbocycles. The molecular weight excluding hydrogens is 268 g/mol. The minimum absolute atomic E-state index is 1.23. The summed E-state index contributed by atoms with van der Waals surface area (Å²) < 4.78 is 0. The third kappa shape index (κ3) is 6.65. The van der Waals surface area contributed by atoms with Gasteiger partial charge in [0.05, 0.1) is 0 Å². The average Bonchev–Trinajstić information content (AvgIpc) is 2.50. The second kappa shape index (κ2) is 10.00. The van der Waals surface area contributed by atoms with Gasteiger partial charge in [-0.05, 0) is 12.8 Å². The maximum atomic E-state index is 4.42. The highest BCUT2D eigenvalue weighted by molar-refractivity contribution is 6.95. The van der Waals surface area contributed by atoms with Crippen LogP contribution in [-0.2, 0) is 0 Å². The standard InChI is InChI=1S/C20H34Si/c1-5-6-7-8-9-10-11-13-16-19(2)21(3,4)20-17-14-12-15-18-20/h12,14-15,17-18H,2,5-11,13,16H2,1,3-4H3. The quantitative estimate of drug-likeness (QED) is 0.336. The molecule has 0 unspecified atom stereocenters. The number of unbranched alkanes of at least 4 members (excludes halogenated alkanes) is 7. The molecule has 0 aliphatic heterocycles. The van der Waals surface area contributed by atoms with Crippen molar-refractivity contribution in [3.05, 3.63) is 42.1 Å². The van der Waals surface area contributed by atoms with E-state index in [9.17, 15) is 0 Å². The first-order valence-corrected chi connectivity index (χ1v) is 11.8. The molecule has 0 saturated heterocycles. The molecule has 0 atom stereocenters. The zero-order valence-corrected chi connectivity index (χ0v) is 15.5. The Morgan fingerprint density at radius 3 is 1.95 bits per heavy atom. The molecule has 0 aliphatic rings. The van der Waals surface area contributed by atoms with Crippen LogP contribution in [0.25, 0.3) is 0 Å². The van der Waals surface area contributed by atoms with E-state index in [0.717, 1.165) is 0 Å². The Bertz CT molecular complexity index is 392. The van der Waals surface area contributed by atoms with Gasteiger partial charge in [0.15, 0.2) is 0 Å². The molecule has 0 N–H and O–H groups in total. The van der Waals surface area contributed by atoms with Crippen LogP contribution >= 0.6 is 0 Å². The Labute approximate surface area is 133 Å². The summed E-state index contributed by atoms with van der Waals surface area (Å²) in [5, 5.41) is 3.04. The first-order valence-electron chi connectivity index (χ1n) is 8.82. The van der Waals surface area contributed by atoms with Crippen molar-refractivity contribution in [2.45, 2.75) is 77.8 Å². The summed E-state index contributed by atoms with van der Waals surface area (Å²) >= 11 is 0. The van der Waals surface area contributed by atoms with Crippen LogP contribution in [0.4, 0.5) is 0 Å². The van der Waals surface area contributed by atoms with Gasteiger partial charge in [-0.15, -0.1) is 6.58 Å². The van der Waals surface area contributed by atoms with Crippen molar-refractivity contribution >= 4 is 13.3 Å². The van der Waals surface area contributed by atoms with E-state index in [1.165, 1.54) is 68.2 Å². The lowest BCUT2D eigenvalue weighted by Crippen LogP contribution is -2.43. The average molecular weight is 303 g/mol. The van der Waals surface area contributed by atoms with Crippen LogP contribution < -0.4 is 5.19 Å². The zero-order valence-electron chi connectivity index (χ0n) is 14.5. The predicted molar refractivity (Wildman–Crippen MR) is 99.9 cm³/mol. The number of allylic oxidation sites excluding steroid dienone is 1. The van der Waals surface area contributed by atoms with Gasteiger partial charge in [0.2, 0.25) is 0 Å². The monoisotopic (exact) mass is 302 g/mol. The van der Waals surface area contributed by atoms with Gasteiger partial charge >= 0.3 is 0 Å². The lowest BCUT2D eigenvalue weighted by molar-refractivity contribution is 0.576. The Morgan fingerprint density at radius 2 is 1.38 bits per heavy atom. The number of benzene rings is 1. The van der Waals surface area contributed by atoms with Crippen LogP contribution in [0, 0.1) is 0 Å². The van der Waals surface area contributed by atoms with Crippen molar-refractivity contribution in [2.75, 3.05) is 0 Å². The molecular formula is C20H34Si. The molecule has 21 heavy (non-hydrogen) atoms. The molecule has 0 fully saturated rings. The molecule has 0 aromatic heterocycles. The molecule has 1 rings (SSSR count). The van der Waals surface area contributed by atoms with Crippen molar-refractivity contribution < 1.29 is 0 Å². The molecule has 0 radical (unpaired) electrons. The van der Waals surface area contributed by atoms with Crippen LogP contribution in [0.3, 0.4) is 0 Å². The van der Waals surface area contributed by atoms with E-state index in [1.54, 1.807) is 0 Å². The number of rotatable bonds is 11. The van der Waals surface area contributed by atoms with E-state index in [0.29, 0.717) is 0 Å². The fourth-order valence-electron chi connectivity index (χ4n) is 2.84. The van der Waals surface area contributed by atoms with E-state index in [1.807, 2.05) is 0 Å². The molecule has 0 amide bonds. The minimum atomic E-state index is -1.46. The number of hydrogen-bond acceptors (Lipinski definition) is 0. The second-order valence-electron chi connectivity index (χ2n) is 6.82. The SMILES string of the molecule is C=C(CCCCCCCCCC)[Si](C)(C)c1ccccc1. The van der Waals surface area contributed by atoms with Crippen LogP contribution in [0.1, 0.15) is 64.7 Å². The Balaban J connectivity index is 2.21. The van der Waals surface area contributed by atoms with Gasteiger partial charge in [-0.3, -0.25) is 0 Å². The number of hydrogen-bond donors (Lipinski definition) is 0. The Kier molecular flexibility index (Phi) is 8.68. The van der Waals surface area contributed by atoms with E-state index in [-0.39, 0.29) is 0 Å². The largest absolute Gasteiger partial charge is 0.106 e. The normalized spacial score (nSPS) is 11.6. The molecule has 118 valence electrons. The molecule has 0 aliphatic carbocycles. The van der Waals surface area contributed by atoms with Crippen molar-refractivity contribution in [1.29, 1.82) is 0 Å². The summed E-state index contributed by atoms with van der Waals surface area (Å²) in [7, 11) is -1.46. The highest BCUT2D eigenvalue weighted by Gasteiger charge is 2.25. The van der Waals surface area contributed by atoms with E-state index >= 15 is 0 Å². The molecule has 1 aromatic carbocycles. The van der Waals surface area contributed by atoms with Gasteiger partial charge in [-0.2, -0.15) is 0 Å². The van der Waals surface area contributed by atoms with Gasteiger partial charge in [0.25, 0.3) is 0 Å². The van der Waals surface area contributed by atoms with Crippen molar-refractivity contribution in [3.8, 4) is 0 Å². The lowest BCUT2D eigenvalue weighted by Gasteiger charge is -2.26. The lowest BCUT2D eigenvalue weighted by atomic mass is 10.1. The first kappa shape index (κ1) is 18.2. The van der Waals surface area contributed by atoms with Crippen LogP contribution in [0.15, 0.2) is 42.1 Å². The van der Waals surface area contributed by atoms with Crippen molar-refractivity contribution in [3.63, 3.8) is 0 Å². The van der Waals surface area contributed by atoms with Crippen LogP contribution in [-0.4, -0.2) is 8.07 Å². The van der Waals surface area contributed by atoms with E-state index in [4.69, 9.17) is 0 Å². The third-order valence-corrected chi connectivity index (χ3v) is 8.51. The Morgan fingerprint density at radius 1 is 0.857 bits per heavy atom. The highest BCUT2D eigenvalue weighted by atomic mass is 28.3. The molecule has 1 heteroatoms. The van der Waals surface area contributed by atoms with Gasteiger partial charge in [-0.1, -0.05) is 106 Å². The van der Waals surface area contributed by atoms with Gasteiger partial charge < -0.3 is 0 Å². The summed E-state index contributed by atoms with van der Waals surface area (Å²) in [5.74, 6) is 0. The first-order chi connectivity index (χ1) is 10.1. The van der Waals surface area contributed by atoms with Crippen molar-refractivity contribution in [1.82, 2.24) is 0 Å². The molecule has 0 spiro atoms. The fraction of sp³-hybridized carbons (Fsp3) is 0.600. The predicted octanol–water partition coefficient (Wildman–Crippen LogP) is 6.23. The third-order valence-electron chi connectivity index (χ3n) is 4.71. The summed E-state index contributed by atoms with van der Waals surface area (Å²) in [6, 6.07) is 11.0. The Hall–Kier alpha value is -0.823. The maximum absolute atomic E-state index is 4.42. The van der Waals surface area contributed by atoms with E-state index in [2.05, 4.69) is 56.9 Å². The second-order valence-corrected chi connectivity index (χ2v) is 11.4. The van der Waals surface area contributed by atoms with Gasteiger partial charge in [-0.25, -0.2) is 0 Å². The highest BCUT2D eigenvalue weighted by Crippen LogP contribution is 2.20. The van der Waals surface area contributed by atoms with Crippen LogP contribution in [0.5, 0.6) is 0 Å².